The number of benzene rings is 1. The van der Waals surface area contributed by atoms with Crippen molar-refractivity contribution in [3.05, 3.63) is 28.8 Å². The Balaban J connectivity index is 2.28. The fourth-order valence-corrected chi connectivity index (χ4v) is 2.24. The smallest absolute Gasteiger partial charge is 0.303 e. The Labute approximate surface area is 88.4 Å². The van der Waals surface area contributed by atoms with Crippen LogP contribution in [-0.2, 0) is 24.1 Å². The van der Waals surface area contributed by atoms with Gasteiger partial charge in [0.05, 0.1) is 0 Å². The molecule has 0 aromatic heterocycles. The zero-order valence-corrected chi connectivity index (χ0v) is 8.49. The number of carboxylic acid groups (broad SMARTS) is 1. The Morgan fingerprint density at radius 2 is 2.13 bits per heavy atom. The van der Waals surface area contributed by atoms with Gasteiger partial charge >= 0.3 is 5.97 Å². The van der Waals surface area contributed by atoms with E-state index >= 15 is 0 Å². The Bertz CT molecular complexity index is 396. The number of aryl methyl sites for hydroxylation is 1. The normalized spacial score (nSPS) is 13.9. The molecule has 15 heavy (non-hydrogen) atoms. The molecular weight excluding hydrogens is 192 g/mol. The van der Waals surface area contributed by atoms with E-state index in [0.717, 1.165) is 24.8 Å². The summed E-state index contributed by atoms with van der Waals surface area (Å²) in [6.07, 6.45) is 3.65. The van der Waals surface area contributed by atoms with Crippen LogP contribution in [0.4, 0.5) is 0 Å². The summed E-state index contributed by atoms with van der Waals surface area (Å²) in [5.74, 6) is -0.568. The van der Waals surface area contributed by atoms with Crippen LogP contribution in [0.5, 0.6) is 5.75 Å². The molecule has 0 radical (unpaired) electrons. The lowest BCUT2D eigenvalue weighted by atomic mass is 9.98. The summed E-state index contributed by atoms with van der Waals surface area (Å²) in [5.41, 5.74) is 3.29. The molecule has 0 amide bonds. The number of aliphatic carboxylic acids is 1. The monoisotopic (exact) mass is 206 g/mol. The van der Waals surface area contributed by atoms with Gasteiger partial charge in [0.25, 0.3) is 0 Å². The van der Waals surface area contributed by atoms with Crippen molar-refractivity contribution in [3.63, 3.8) is 0 Å². The summed E-state index contributed by atoms with van der Waals surface area (Å²) in [6.45, 7) is 0. The first kappa shape index (κ1) is 10.0. The molecule has 0 fully saturated rings. The van der Waals surface area contributed by atoms with Crippen LogP contribution in [-0.4, -0.2) is 16.2 Å². The Kier molecular flexibility index (Phi) is 2.62. The first-order valence-corrected chi connectivity index (χ1v) is 5.23. The highest BCUT2D eigenvalue weighted by atomic mass is 16.4. The minimum Gasteiger partial charge on any atom is -0.508 e. The summed E-state index contributed by atoms with van der Waals surface area (Å²) < 4.78 is 0. The molecule has 3 heteroatoms. The second-order valence-electron chi connectivity index (χ2n) is 3.95. The Morgan fingerprint density at radius 3 is 2.87 bits per heavy atom. The van der Waals surface area contributed by atoms with Gasteiger partial charge in [0.2, 0.25) is 0 Å². The highest BCUT2D eigenvalue weighted by Gasteiger charge is 2.17. The van der Waals surface area contributed by atoms with Gasteiger partial charge in [-0.15, -0.1) is 0 Å². The van der Waals surface area contributed by atoms with Crippen molar-refractivity contribution < 1.29 is 15.0 Å². The average molecular weight is 206 g/mol. The number of phenolic OH excluding ortho intramolecular Hbond substituents is 1. The average Bonchev–Trinajstić information content (AvgIpc) is 2.63. The molecule has 3 nitrogen and oxygen atoms in total. The Morgan fingerprint density at radius 1 is 1.33 bits per heavy atom. The van der Waals surface area contributed by atoms with Crippen molar-refractivity contribution in [2.24, 2.45) is 0 Å². The van der Waals surface area contributed by atoms with Crippen LogP contribution in [0.2, 0.25) is 0 Å². The zero-order chi connectivity index (χ0) is 10.8. The maximum Gasteiger partial charge on any atom is 0.303 e. The minimum absolute atomic E-state index is 0.0873. The largest absolute Gasteiger partial charge is 0.508 e. The minimum atomic E-state index is -0.815. The molecule has 1 aromatic carbocycles. The first-order chi connectivity index (χ1) is 7.18. The van der Waals surface area contributed by atoms with E-state index in [-0.39, 0.29) is 12.2 Å². The topological polar surface area (TPSA) is 57.5 Å². The molecule has 2 rings (SSSR count). The number of carboxylic acids is 1. The number of rotatable bonds is 3. The van der Waals surface area contributed by atoms with Crippen LogP contribution in [0.3, 0.4) is 0 Å². The molecule has 0 heterocycles. The number of aromatic hydroxyl groups is 1. The second-order valence-corrected chi connectivity index (χ2v) is 3.95. The lowest BCUT2D eigenvalue weighted by Gasteiger charge is -2.09. The van der Waals surface area contributed by atoms with E-state index in [2.05, 4.69) is 0 Å². The van der Waals surface area contributed by atoms with E-state index in [4.69, 9.17) is 5.11 Å². The number of hydrogen-bond donors (Lipinski definition) is 2. The van der Waals surface area contributed by atoms with Crippen LogP contribution >= 0.6 is 0 Å². The van der Waals surface area contributed by atoms with Gasteiger partial charge in [-0.2, -0.15) is 0 Å². The van der Waals surface area contributed by atoms with Gasteiger partial charge in [-0.3, -0.25) is 4.79 Å². The van der Waals surface area contributed by atoms with Crippen LogP contribution in [0, 0.1) is 0 Å². The molecule has 2 N–H and O–H groups in total. The number of carbonyl (C=O) groups is 1. The van der Waals surface area contributed by atoms with Gasteiger partial charge < -0.3 is 10.2 Å². The molecular formula is C12H14O3. The fourth-order valence-electron chi connectivity index (χ4n) is 2.24. The fraction of sp³-hybridized carbons (Fsp3) is 0.417. The van der Waals surface area contributed by atoms with E-state index in [9.17, 15) is 9.90 Å². The van der Waals surface area contributed by atoms with Gasteiger partial charge in [-0.05, 0) is 48.4 Å². The zero-order valence-electron chi connectivity index (χ0n) is 8.49. The number of hydrogen-bond acceptors (Lipinski definition) is 2. The Hall–Kier alpha value is -1.51. The SMILES string of the molecule is O=C(O)CCc1c(O)ccc2c1CCC2. The lowest BCUT2D eigenvalue weighted by molar-refractivity contribution is -0.136. The molecule has 1 aromatic rings. The van der Waals surface area contributed by atoms with Crippen molar-refractivity contribution in [2.45, 2.75) is 32.1 Å². The summed E-state index contributed by atoms with van der Waals surface area (Å²) in [6, 6.07) is 3.63. The molecule has 0 saturated heterocycles. The highest BCUT2D eigenvalue weighted by Crippen LogP contribution is 2.32. The number of fused-ring (bicyclic) bond motifs is 1. The van der Waals surface area contributed by atoms with E-state index < -0.39 is 5.97 Å². The van der Waals surface area contributed by atoms with E-state index in [0.29, 0.717) is 6.42 Å². The van der Waals surface area contributed by atoms with E-state index in [1.807, 2.05) is 6.07 Å². The molecule has 0 unspecified atom stereocenters. The molecule has 1 aliphatic carbocycles. The summed E-state index contributed by atoms with van der Waals surface area (Å²) in [4.78, 5) is 10.5. The van der Waals surface area contributed by atoms with Crippen molar-refractivity contribution in [3.8, 4) is 5.75 Å². The lowest BCUT2D eigenvalue weighted by Crippen LogP contribution is -2.01. The predicted octanol–water partition coefficient (Wildman–Crippen LogP) is 1.90. The molecule has 0 bridgehead atoms. The highest BCUT2D eigenvalue weighted by molar-refractivity contribution is 5.67. The molecule has 0 aliphatic heterocycles. The van der Waals surface area contributed by atoms with Gasteiger partial charge in [-0.1, -0.05) is 6.07 Å². The molecule has 80 valence electrons. The van der Waals surface area contributed by atoms with Crippen molar-refractivity contribution in [1.82, 2.24) is 0 Å². The van der Waals surface area contributed by atoms with Crippen molar-refractivity contribution >= 4 is 5.97 Å². The summed E-state index contributed by atoms with van der Waals surface area (Å²) in [7, 11) is 0. The van der Waals surface area contributed by atoms with Crippen molar-refractivity contribution in [2.75, 3.05) is 0 Å². The quantitative estimate of drug-likeness (QED) is 0.794. The molecule has 0 atom stereocenters. The standard InChI is InChI=1S/C12H14O3/c13-11-6-4-8-2-1-3-9(8)10(11)5-7-12(14)15/h4,6,13H,1-3,5,7H2,(H,14,15). The van der Waals surface area contributed by atoms with Gasteiger partial charge in [0.15, 0.2) is 0 Å². The van der Waals surface area contributed by atoms with Crippen LogP contribution < -0.4 is 0 Å². The van der Waals surface area contributed by atoms with Gasteiger partial charge in [-0.25, -0.2) is 0 Å². The van der Waals surface area contributed by atoms with E-state index in [1.54, 1.807) is 6.07 Å². The van der Waals surface area contributed by atoms with Crippen LogP contribution in [0.15, 0.2) is 12.1 Å². The number of phenols is 1. The molecule has 1 aliphatic rings. The third kappa shape index (κ3) is 1.96. The molecule has 0 spiro atoms. The predicted molar refractivity (Wildman–Crippen MR) is 56.1 cm³/mol. The summed E-state index contributed by atoms with van der Waals surface area (Å²) in [5, 5.41) is 18.3. The first-order valence-electron chi connectivity index (χ1n) is 5.23. The van der Waals surface area contributed by atoms with Crippen LogP contribution in [0.1, 0.15) is 29.5 Å². The summed E-state index contributed by atoms with van der Waals surface area (Å²) >= 11 is 0. The maximum atomic E-state index is 10.5. The van der Waals surface area contributed by atoms with Gasteiger partial charge in [0, 0.05) is 6.42 Å². The molecule has 0 saturated carbocycles. The van der Waals surface area contributed by atoms with Crippen molar-refractivity contribution in [1.29, 1.82) is 0 Å². The van der Waals surface area contributed by atoms with Crippen LogP contribution in [0.25, 0.3) is 0 Å². The maximum absolute atomic E-state index is 10.5. The third-order valence-electron chi connectivity index (χ3n) is 2.97. The second kappa shape index (κ2) is 3.93. The van der Waals surface area contributed by atoms with Gasteiger partial charge in [0.1, 0.15) is 5.75 Å². The third-order valence-corrected chi connectivity index (χ3v) is 2.97. The van der Waals surface area contributed by atoms with E-state index in [1.165, 1.54) is 11.1 Å².